The van der Waals surface area contributed by atoms with Gasteiger partial charge in [0.25, 0.3) is 5.91 Å². The highest BCUT2D eigenvalue weighted by Crippen LogP contribution is 2.36. The highest BCUT2D eigenvalue weighted by molar-refractivity contribution is 6.30. The molecule has 3 aromatic rings. The van der Waals surface area contributed by atoms with E-state index in [9.17, 15) is 14.4 Å². The number of hydrogen-bond donors (Lipinski definition) is 1. The molecule has 168 valence electrons. The third kappa shape index (κ3) is 4.34. The molecule has 0 spiro atoms. The van der Waals surface area contributed by atoms with Gasteiger partial charge in [-0.15, -0.1) is 0 Å². The van der Waals surface area contributed by atoms with E-state index in [0.29, 0.717) is 28.3 Å². The lowest BCUT2D eigenvalue weighted by Gasteiger charge is -2.44. The lowest BCUT2D eigenvalue weighted by Crippen LogP contribution is -2.63. The largest absolute Gasteiger partial charge is 0.465 e. The van der Waals surface area contributed by atoms with Crippen LogP contribution in [-0.4, -0.2) is 30.4 Å². The molecule has 1 aliphatic rings. The molecule has 3 aromatic carbocycles. The van der Waals surface area contributed by atoms with Gasteiger partial charge < -0.3 is 10.1 Å². The van der Waals surface area contributed by atoms with Gasteiger partial charge in [-0.1, -0.05) is 48.0 Å². The number of hydrogen-bond acceptors (Lipinski definition) is 4. The predicted octanol–water partition coefficient (Wildman–Crippen LogP) is 4.40. The zero-order valence-electron chi connectivity index (χ0n) is 18.3. The van der Waals surface area contributed by atoms with Crippen LogP contribution in [0.5, 0.6) is 0 Å². The second-order valence-electron chi connectivity index (χ2n) is 8.10. The van der Waals surface area contributed by atoms with Crippen molar-refractivity contribution >= 4 is 35.1 Å². The van der Waals surface area contributed by atoms with Crippen LogP contribution < -0.4 is 10.2 Å². The molecule has 4 rings (SSSR count). The lowest BCUT2D eigenvalue weighted by molar-refractivity contribution is -0.126. The fraction of sp³-hybridized carbons (Fsp3) is 0.192. The molecule has 0 unspecified atom stereocenters. The average Bonchev–Trinajstić information content (AvgIpc) is 2.83. The number of esters is 1. The summed E-state index contributed by atoms with van der Waals surface area (Å²) < 4.78 is 4.83. The lowest BCUT2D eigenvalue weighted by atomic mass is 9.82. The summed E-state index contributed by atoms with van der Waals surface area (Å²) in [6, 6.07) is 21.0. The molecule has 1 atom stereocenters. The van der Waals surface area contributed by atoms with Gasteiger partial charge in [0.2, 0.25) is 5.91 Å². The van der Waals surface area contributed by atoms with Gasteiger partial charge in [-0.05, 0) is 54.4 Å². The van der Waals surface area contributed by atoms with Crippen LogP contribution in [0.1, 0.15) is 38.8 Å². The van der Waals surface area contributed by atoms with Crippen molar-refractivity contribution in [3.05, 3.63) is 100 Å². The Labute approximate surface area is 197 Å². The minimum absolute atomic E-state index is 0.289. The van der Waals surface area contributed by atoms with Gasteiger partial charge in [-0.3, -0.25) is 14.5 Å². The van der Waals surface area contributed by atoms with Crippen LogP contribution in [0.3, 0.4) is 0 Å². The maximum atomic E-state index is 13.6. The fourth-order valence-corrected chi connectivity index (χ4v) is 4.25. The number of anilines is 1. The molecule has 0 bridgehead atoms. The molecular formula is C26H23ClN2O4. The Kier molecular flexibility index (Phi) is 6.20. The van der Waals surface area contributed by atoms with Crippen LogP contribution in [0.4, 0.5) is 5.69 Å². The summed E-state index contributed by atoms with van der Waals surface area (Å²) in [4.78, 5) is 40.7. The maximum Gasteiger partial charge on any atom is 0.337 e. The minimum Gasteiger partial charge on any atom is -0.465 e. The zero-order valence-corrected chi connectivity index (χ0v) is 19.1. The van der Waals surface area contributed by atoms with Crippen molar-refractivity contribution < 1.29 is 19.1 Å². The summed E-state index contributed by atoms with van der Waals surface area (Å²) in [5.41, 5.74) is 1.74. The van der Waals surface area contributed by atoms with E-state index in [1.807, 2.05) is 24.3 Å². The van der Waals surface area contributed by atoms with E-state index < -0.39 is 11.5 Å². The molecule has 0 radical (unpaired) electrons. The van der Waals surface area contributed by atoms with Crippen molar-refractivity contribution in [3.8, 4) is 0 Å². The second kappa shape index (κ2) is 9.08. The van der Waals surface area contributed by atoms with Crippen LogP contribution in [-0.2, 0) is 22.5 Å². The van der Waals surface area contributed by atoms with Crippen LogP contribution in [0.15, 0.2) is 72.8 Å². The van der Waals surface area contributed by atoms with Gasteiger partial charge in [-0.2, -0.15) is 0 Å². The smallest absolute Gasteiger partial charge is 0.337 e. The summed E-state index contributed by atoms with van der Waals surface area (Å²) in [5, 5.41) is 3.57. The molecule has 0 fully saturated rings. The Morgan fingerprint density at radius 1 is 1.06 bits per heavy atom. The Balaban J connectivity index is 1.73. The summed E-state index contributed by atoms with van der Waals surface area (Å²) >= 11 is 5.95. The molecule has 1 heterocycles. The third-order valence-corrected chi connectivity index (χ3v) is 6.11. The quantitative estimate of drug-likeness (QED) is 0.570. The van der Waals surface area contributed by atoms with Gasteiger partial charge in [0, 0.05) is 29.2 Å². The van der Waals surface area contributed by atoms with Gasteiger partial charge in [0.1, 0.15) is 5.54 Å². The van der Waals surface area contributed by atoms with E-state index in [1.165, 1.54) is 12.0 Å². The standard InChI is InChI=1S/C26H23ClN2O4/c1-26(25(32)28-16-17-10-12-20(27)13-11-17)15-19-6-3-4-9-22(19)23(30)29(26)21-8-5-7-18(14-21)24(31)33-2/h3-14H,15-16H2,1-2H3,(H,28,32)/t26-/m0/s1. The molecular weight excluding hydrogens is 440 g/mol. The van der Waals surface area contributed by atoms with E-state index in [1.54, 1.807) is 55.5 Å². The topological polar surface area (TPSA) is 75.7 Å². The Bertz CT molecular complexity index is 1220. The van der Waals surface area contributed by atoms with E-state index >= 15 is 0 Å². The number of rotatable bonds is 5. The number of carbonyl (C=O) groups excluding carboxylic acids is 3. The SMILES string of the molecule is COC(=O)c1cccc(N2C(=O)c3ccccc3C[C@@]2(C)C(=O)NCc2ccc(Cl)cc2)c1. The van der Waals surface area contributed by atoms with Crippen molar-refractivity contribution in [3.63, 3.8) is 0 Å². The van der Waals surface area contributed by atoms with Crippen molar-refractivity contribution in [1.29, 1.82) is 0 Å². The predicted molar refractivity (Wildman–Crippen MR) is 126 cm³/mol. The molecule has 1 aliphatic heterocycles. The van der Waals surface area contributed by atoms with Crippen LogP contribution >= 0.6 is 11.6 Å². The normalized spacial score (nSPS) is 17.3. The first kappa shape index (κ1) is 22.6. The number of carbonyl (C=O) groups is 3. The molecule has 0 saturated heterocycles. The summed E-state index contributed by atoms with van der Waals surface area (Å²) in [7, 11) is 1.30. The number of nitrogens with one attached hydrogen (secondary N) is 1. The zero-order chi connectivity index (χ0) is 23.6. The van der Waals surface area contributed by atoms with Crippen LogP contribution in [0.25, 0.3) is 0 Å². The van der Waals surface area contributed by atoms with E-state index in [0.717, 1.165) is 11.1 Å². The molecule has 0 aliphatic carbocycles. The molecule has 33 heavy (non-hydrogen) atoms. The average molecular weight is 463 g/mol. The van der Waals surface area contributed by atoms with Crippen molar-refractivity contribution in [2.24, 2.45) is 0 Å². The summed E-state index contributed by atoms with van der Waals surface area (Å²) in [5.74, 6) is -1.12. The van der Waals surface area contributed by atoms with Crippen molar-refractivity contribution in [2.45, 2.75) is 25.4 Å². The van der Waals surface area contributed by atoms with Crippen LogP contribution in [0, 0.1) is 0 Å². The molecule has 0 aromatic heterocycles. The van der Waals surface area contributed by atoms with E-state index in [2.05, 4.69) is 5.32 Å². The molecule has 1 N–H and O–H groups in total. The van der Waals surface area contributed by atoms with Gasteiger partial charge in [0.15, 0.2) is 0 Å². The fourth-order valence-electron chi connectivity index (χ4n) is 4.13. The van der Waals surface area contributed by atoms with E-state index in [4.69, 9.17) is 16.3 Å². The Morgan fingerprint density at radius 3 is 2.52 bits per heavy atom. The summed E-state index contributed by atoms with van der Waals surface area (Å²) in [6.45, 7) is 2.03. The number of methoxy groups -OCH3 is 1. The minimum atomic E-state index is -1.22. The third-order valence-electron chi connectivity index (χ3n) is 5.86. The first-order valence-corrected chi connectivity index (χ1v) is 10.8. The van der Waals surface area contributed by atoms with Crippen molar-refractivity contribution in [1.82, 2.24) is 5.32 Å². The number of ether oxygens (including phenoxy) is 1. The highest BCUT2D eigenvalue weighted by Gasteiger charge is 2.47. The second-order valence-corrected chi connectivity index (χ2v) is 8.54. The monoisotopic (exact) mass is 462 g/mol. The van der Waals surface area contributed by atoms with E-state index in [-0.39, 0.29) is 18.4 Å². The summed E-state index contributed by atoms with van der Waals surface area (Å²) in [6.07, 6.45) is 0.323. The number of amides is 2. The Morgan fingerprint density at radius 2 is 1.79 bits per heavy atom. The first-order chi connectivity index (χ1) is 15.8. The maximum absolute atomic E-state index is 13.6. The molecule has 7 heteroatoms. The Hall–Kier alpha value is -3.64. The van der Waals surface area contributed by atoms with Gasteiger partial charge in [-0.25, -0.2) is 4.79 Å². The number of halogens is 1. The van der Waals surface area contributed by atoms with Gasteiger partial charge in [0.05, 0.1) is 12.7 Å². The highest BCUT2D eigenvalue weighted by atomic mass is 35.5. The molecule has 6 nitrogen and oxygen atoms in total. The molecule has 2 amide bonds. The first-order valence-electron chi connectivity index (χ1n) is 10.5. The molecule has 0 saturated carbocycles. The number of fused-ring (bicyclic) bond motifs is 1. The van der Waals surface area contributed by atoms with Gasteiger partial charge >= 0.3 is 5.97 Å². The number of benzene rings is 3. The van der Waals surface area contributed by atoms with Crippen molar-refractivity contribution in [2.75, 3.05) is 12.0 Å². The number of nitrogens with zero attached hydrogens (tertiary/aromatic N) is 1. The van der Waals surface area contributed by atoms with Crippen LogP contribution in [0.2, 0.25) is 5.02 Å².